The van der Waals surface area contributed by atoms with Crippen LogP contribution in [0.25, 0.3) is 16.8 Å². The summed E-state index contributed by atoms with van der Waals surface area (Å²) in [7, 11) is 0. The van der Waals surface area contributed by atoms with Gasteiger partial charge in [-0.2, -0.15) is 5.10 Å². The van der Waals surface area contributed by atoms with Crippen molar-refractivity contribution in [2.75, 3.05) is 39.5 Å². The minimum Gasteiger partial charge on any atom is -0.489 e. The standard InChI is InChI=1S/C25H30N4O3.C4H8F2/c1-18-13-20(14-19-5-3-2-4-6-23(30)24(18)19)22-16-27-29-17-21(15-26-25(22)29)32-12-9-28-7-10-31-11-8-28;1-3-4(2,5)6/h13-17H,2-12H2,1H3;3H2,1-2H3. The zero-order valence-electron chi connectivity index (χ0n) is 22.6. The Morgan fingerprint density at radius 2 is 1.84 bits per heavy atom. The molecule has 0 bridgehead atoms. The molecule has 0 unspecified atom stereocenters. The summed E-state index contributed by atoms with van der Waals surface area (Å²) in [6, 6.07) is 4.26. The fraction of sp³-hybridized carbons (Fsp3) is 0.552. The first-order valence-electron chi connectivity index (χ1n) is 13.6. The second-order valence-electron chi connectivity index (χ2n) is 10.2. The van der Waals surface area contributed by atoms with E-state index in [2.05, 4.69) is 27.1 Å². The Labute approximate surface area is 223 Å². The molecular formula is C29H38F2N4O3. The molecule has 2 aromatic heterocycles. The van der Waals surface area contributed by atoms with Gasteiger partial charge in [0, 0.05) is 43.6 Å². The van der Waals surface area contributed by atoms with E-state index in [0.29, 0.717) is 18.8 Å². The maximum atomic E-state index is 12.7. The van der Waals surface area contributed by atoms with Gasteiger partial charge in [-0.25, -0.2) is 18.3 Å². The summed E-state index contributed by atoms with van der Waals surface area (Å²) in [6.45, 7) is 9.39. The van der Waals surface area contributed by atoms with Crippen molar-refractivity contribution in [1.82, 2.24) is 19.5 Å². The van der Waals surface area contributed by atoms with Crippen LogP contribution >= 0.6 is 0 Å². The van der Waals surface area contributed by atoms with Crippen LogP contribution in [-0.4, -0.2) is 70.7 Å². The Morgan fingerprint density at radius 3 is 2.58 bits per heavy atom. The van der Waals surface area contributed by atoms with E-state index in [0.717, 1.165) is 98.9 Å². The molecular weight excluding hydrogens is 490 g/mol. The molecule has 0 saturated carbocycles. The van der Waals surface area contributed by atoms with E-state index in [1.165, 1.54) is 6.92 Å². The summed E-state index contributed by atoms with van der Waals surface area (Å²) >= 11 is 0. The Hall–Kier alpha value is -2.91. The summed E-state index contributed by atoms with van der Waals surface area (Å²) in [5.41, 5.74) is 5.97. The molecule has 0 atom stereocenters. The van der Waals surface area contributed by atoms with Crippen molar-refractivity contribution in [2.24, 2.45) is 0 Å². The highest BCUT2D eigenvalue weighted by atomic mass is 19.3. The molecule has 0 spiro atoms. The minimum absolute atomic E-state index is 0.0625. The van der Waals surface area contributed by atoms with Crippen molar-refractivity contribution in [1.29, 1.82) is 0 Å². The van der Waals surface area contributed by atoms with Crippen molar-refractivity contribution in [3.63, 3.8) is 0 Å². The number of alkyl halides is 2. The van der Waals surface area contributed by atoms with Crippen LogP contribution in [0.4, 0.5) is 8.78 Å². The van der Waals surface area contributed by atoms with E-state index in [1.807, 2.05) is 19.3 Å². The largest absolute Gasteiger partial charge is 0.489 e. The molecule has 7 nitrogen and oxygen atoms in total. The van der Waals surface area contributed by atoms with Crippen LogP contribution in [0.1, 0.15) is 67.4 Å². The zero-order valence-corrected chi connectivity index (χ0v) is 22.6. The van der Waals surface area contributed by atoms with Crippen molar-refractivity contribution in [3.05, 3.63) is 47.4 Å². The SMILES string of the molecule is CCC(C)(F)F.Cc1cc(-c2cnn3cc(OCCN4CCOCC4)cnc23)cc2c1C(=O)CCCCC2. The Balaban J connectivity index is 0.000000505. The fourth-order valence-corrected chi connectivity index (χ4v) is 4.77. The van der Waals surface area contributed by atoms with Gasteiger partial charge in [0.2, 0.25) is 5.92 Å². The second kappa shape index (κ2) is 12.8. The van der Waals surface area contributed by atoms with E-state index in [1.54, 1.807) is 10.7 Å². The average molecular weight is 529 g/mol. The number of halogens is 2. The van der Waals surface area contributed by atoms with E-state index in [4.69, 9.17) is 9.47 Å². The number of ketones is 1. The van der Waals surface area contributed by atoms with E-state index in [9.17, 15) is 13.6 Å². The van der Waals surface area contributed by atoms with Gasteiger partial charge in [0.05, 0.1) is 31.8 Å². The predicted molar refractivity (Wildman–Crippen MR) is 143 cm³/mol. The van der Waals surface area contributed by atoms with Crippen molar-refractivity contribution in [2.45, 2.75) is 65.2 Å². The topological polar surface area (TPSA) is 69.0 Å². The predicted octanol–water partition coefficient (Wildman–Crippen LogP) is 5.77. The smallest absolute Gasteiger partial charge is 0.245 e. The second-order valence-corrected chi connectivity index (χ2v) is 10.2. The number of aryl methyl sites for hydroxylation is 2. The number of hydrogen-bond acceptors (Lipinski definition) is 6. The van der Waals surface area contributed by atoms with Gasteiger partial charge in [0.15, 0.2) is 17.2 Å². The lowest BCUT2D eigenvalue weighted by molar-refractivity contribution is 0.0181. The van der Waals surface area contributed by atoms with Gasteiger partial charge in [-0.1, -0.05) is 25.5 Å². The number of nitrogens with zero attached hydrogens (tertiary/aromatic N) is 4. The lowest BCUT2D eigenvalue weighted by Crippen LogP contribution is -2.38. The molecule has 9 heteroatoms. The molecule has 0 amide bonds. The number of carbonyl (C=O) groups excluding carboxylic acids is 1. The number of morpholine rings is 1. The third-order valence-electron chi connectivity index (χ3n) is 7.09. The van der Waals surface area contributed by atoms with Gasteiger partial charge in [-0.3, -0.25) is 9.69 Å². The molecule has 1 saturated heterocycles. The normalized spacial score (nSPS) is 16.8. The van der Waals surface area contributed by atoms with Crippen molar-refractivity contribution in [3.8, 4) is 16.9 Å². The minimum atomic E-state index is -2.46. The van der Waals surface area contributed by atoms with Gasteiger partial charge in [-0.15, -0.1) is 0 Å². The average Bonchev–Trinajstić information content (AvgIpc) is 3.31. The van der Waals surface area contributed by atoms with Gasteiger partial charge >= 0.3 is 0 Å². The molecule has 1 aromatic carbocycles. The van der Waals surface area contributed by atoms with Crippen LogP contribution in [0.3, 0.4) is 0 Å². The molecule has 0 radical (unpaired) electrons. The fourth-order valence-electron chi connectivity index (χ4n) is 4.77. The monoisotopic (exact) mass is 528 g/mol. The third-order valence-corrected chi connectivity index (χ3v) is 7.09. The number of ether oxygens (including phenoxy) is 2. The number of rotatable bonds is 6. The highest BCUT2D eigenvalue weighted by Gasteiger charge is 2.20. The van der Waals surface area contributed by atoms with Crippen LogP contribution < -0.4 is 4.74 Å². The Bertz CT molecular complexity index is 1230. The highest BCUT2D eigenvalue weighted by Crippen LogP contribution is 2.31. The summed E-state index contributed by atoms with van der Waals surface area (Å²) in [6.07, 6.45) is 10.3. The van der Waals surface area contributed by atoms with Gasteiger partial charge in [0.25, 0.3) is 0 Å². The van der Waals surface area contributed by atoms with Crippen molar-refractivity contribution < 1.29 is 23.0 Å². The van der Waals surface area contributed by atoms with E-state index in [-0.39, 0.29) is 12.2 Å². The van der Waals surface area contributed by atoms with Gasteiger partial charge in [-0.05, 0) is 49.8 Å². The number of Topliss-reactive ketones (excluding diaryl/α,β-unsaturated/α-hetero) is 1. The number of aromatic nitrogens is 3. The maximum absolute atomic E-state index is 12.7. The first-order chi connectivity index (χ1) is 18.2. The number of hydrogen-bond donors (Lipinski definition) is 0. The van der Waals surface area contributed by atoms with Crippen molar-refractivity contribution >= 4 is 11.4 Å². The first-order valence-corrected chi connectivity index (χ1v) is 13.6. The summed E-state index contributed by atoms with van der Waals surface area (Å²) < 4.78 is 36.0. The number of benzene rings is 1. The number of carbonyl (C=O) groups is 1. The van der Waals surface area contributed by atoms with E-state index >= 15 is 0 Å². The molecule has 2 aliphatic rings. The van der Waals surface area contributed by atoms with Crippen LogP contribution in [-0.2, 0) is 11.2 Å². The lowest BCUT2D eigenvalue weighted by atomic mass is 9.87. The van der Waals surface area contributed by atoms with Gasteiger partial charge in [0.1, 0.15) is 6.61 Å². The molecule has 1 aliphatic carbocycles. The highest BCUT2D eigenvalue weighted by molar-refractivity contribution is 6.00. The summed E-state index contributed by atoms with van der Waals surface area (Å²) in [5, 5.41) is 4.52. The summed E-state index contributed by atoms with van der Waals surface area (Å²) in [5.74, 6) is -1.47. The molecule has 3 heterocycles. The zero-order chi connectivity index (χ0) is 27.1. The van der Waals surface area contributed by atoms with Gasteiger partial charge < -0.3 is 9.47 Å². The third kappa shape index (κ3) is 7.35. The van der Waals surface area contributed by atoms with Crippen LogP contribution in [0.15, 0.2) is 30.7 Å². The lowest BCUT2D eigenvalue weighted by Gasteiger charge is -2.26. The summed E-state index contributed by atoms with van der Waals surface area (Å²) in [4.78, 5) is 19.7. The molecule has 38 heavy (non-hydrogen) atoms. The van der Waals surface area contributed by atoms with E-state index < -0.39 is 5.92 Å². The van der Waals surface area contributed by atoms with Crippen LogP contribution in [0, 0.1) is 6.92 Å². The van der Waals surface area contributed by atoms with Crippen LogP contribution in [0.5, 0.6) is 5.75 Å². The molecule has 1 aliphatic heterocycles. The number of fused-ring (bicyclic) bond motifs is 2. The first kappa shape index (κ1) is 28.1. The Kier molecular flexibility index (Phi) is 9.44. The Morgan fingerprint density at radius 1 is 1.11 bits per heavy atom. The quantitative estimate of drug-likeness (QED) is 0.405. The molecule has 5 rings (SSSR count). The molecule has 0 N–H and O–H groups in total. The molecule has 3 aromatic rings. The molecule has 1 fully saturated rings. The maximum Gasteiger partial charge on any atom is 0.245 e. The molecule has 206 valence electrons. The van der Waals surface area contributed by atoms with Crippen LogP contribution in [0.2, 0.25) is 0 Å².